The first-order chi connectivity index (χ1) is 11.5. The van der Waals surface area contributed by atoms with Gasteiger partial charge in [0.1, 0.15) is 5.82 Å². The lowest BCUT2D eigenvalue weighted by atomic mass is 10.0. The molecule has 0 radical (unpaired) electrons. The fourth-order valence-corrected chi connectivity index (χ4v) is 3.10. The molecule has 126 valence electrons. The van der Waals surface area contributed by atoms with Gasteiger partial charge in [-0.05, 0) is 37.1 Å². The quantitative estimate of drug-likeness (QED) is 0.939. The number of carbonyl (C=O) groups is 1. The van der Waals surface area contributed by atoms with Crippen LogP contribution in [0.3, 0.4) is 0 Å². The predicted molar refractivity (Wildman–Crippen MR) is 86.3 cm³/mol. The van der Waals surface area contributed by atoms with Crippen LogP contribution in [-0.4, -0.2) is 40.7 Å². The normalized spacial score (nSPS) is 20.2. The number of nitrogens with zero attached hydrogens (tertiary/aromatic N) is 2. The zero-order valence-electron chi connectivity index (χ0n) is 13.6. The topological polar surface area (TPSA) is 62.7 Å². The van der Waals surface area contributed by atoms with Crippen molar-refractivity contribution in [2.24, 2.45) is 0 Å². The Morgan fingerprint density at radius 1 is 1.38 bits per heavy atom. The smallest absolute Gasteiger partial charge is 0.254 e. The summed E-state index contributed by atoms with van der Waals surface area (Å²) < 4.78 is 18.6. The molecule has 5 nitrogen and oxygen atoms in total. The first-order valence-corrected chi connectivity index (χ1v) is 7.75. The maximum atomic E-state index is 13.5. The number of hydrogen-bond acceptors (Lipinski definition) is 4. The van der Waals surface area contributed by atoms with E-state index in [4.69, 9.17) is 4.74 Å². The Bertz CT molecular complexity index is 766. The van der Waals surface area contributed by atoms with Crippen LogP contribution in [0.15, 0.2) is 36.4 Å². The molecule has 2 atom stereocenters. The predicted octanol–water partition coefficient (Wildman–Crippen LogP) is 2.49. The number of aryl methyl sites for hydroxylation is 1. The summed E-state index contributed by atoms with van der Waals surface area (Å²) in [5, 5.41) is 10.0. The minimum Gasteiger partial charge on any atom is -0.481 e. The number of aliphatic hydroxyl groups excluding tert-OH is 1. The molecule has 1 aliphatic rings. The van der Waals surface area contributed by atoms with Crippen LogP contribution >= 0.6 is 0 Å². The lowest BCUT2D eigenvalue weighted by molar-refractivity contribution is 0.0715. The zero-order valence-corrected chi connectivity index (χ0v) is 13.6. The van der Waals surface area contributed by atoms with Crippen molar-refractivity contribution < 1.29 is 19.0 Å². The lowest BCUT2D eigenvalue weighted by Crippen LogP contribution is -2.32. The molecule has 0 saturated carbocycles. The Balaban J connectivity index is 1.94. The van der Waals surface area contributed by atoms with Gasteiger partial charge in [0, 0.05) is 23.9 Å². The second kappa shape index (κ2) is 6.57. The molecule has 1 fully saturated rings. The van der Waals surface area contributed by atoms with Crippen LogP contribution in [0.4, 0.5) is 4.39 Å². The van der Waals surface area contributed by atoms with Gasteiger partial charge in [-0.15, -0.1) is 0 Å². The number of aliphatic hydroxyl groups is 1. The number of aromatic nitrogens is 1. The van der Waals surface area contributed by atoms with E-state index < -0.39 is 6.10 Å². The second-order valence-electron chi connectivity index (χ2n) is 5.96. The minimum atomic E-state index is -0.632. The number of rotatable bonds is 3. The van der Waals surface area contributed by atoms with Gasteiger partial charge in [0.2, 0.25) is 5.88 Å². The molecule has 3 rings (SSSR count). The van der Waals surface area contributed by atoms with Crippen LogP contribution in [0.25, 0.3) is 0 Å². The molecule has 1 saturated heterocycles. The summed E-state index contributed by atoms with van der Waals surface area (Å²) in [6, 6.07) is 9.03. The van der Waals surface area contributed by atoms with Gasteiger partial charge in [0.05, 0.1) is 19.3 Å². The molecule has 1 aromatic heterocycles. The highest BCUT2D eigenvalue weighted by Gasteiger charge is 2.36. The number of halogens is 1. The number of hydrogen-bond donors (Lipinski definition) is 1. The van der Waals surface area contributed by atoms with Gasteiger partial charge in [-0.2, -0.15) is 0 Å². The molecule has 24 heavy (non-hydrogen) atoms. The molecule has 1 N–H and O–H groups in total. The number of β-amino-alcohol motifs (C(OH)–C–C–N with tert-alkyl or cyclic N) is 1. The van der Waals surface area contributed by atoms with E-state index in [1.165, 1.54) is 19.2 Å². The van der Waals surface area contributed by atoms with Gasteiger partial charge in [-0.25, -0.2) is 9.37 Å². The molecule has 2 heterocycles. The summed E-state index contributed by atoms with van der Waals surface area (Å²) in [6.45, 7) is 1.99. The number of methoxy groups -OCH3 is 1. The Morgan fingerprint density at radius 2 is 2.17 bits per heavy atom. The average molecular weight is 330 g/mol. The molecule has 6 heteroatoms. The fourth-order valence-electron chi connectivity index (χ4n) is 3.10. The van der Waals surface area contributed by atoms with Gasteiger partial charge in [0.25, 0.3) is 5.91 Å². The molecule has 1 aliphatic heterocycles. The van der Waals surface area contributed by atoms with E-state index in [2.05, 4.69) is 4.98 Å². The van der Waals surface area contributed by atoms with Crippen LogP contribution in [-0.2, 0) is 0 Å². The molecular formula is C18H19FN2O3. The van der Waals surface area contributed by atoms with Gasteiger partial charge in [0.15, 0.2) is 0 Å². The van der Waals surface area contributed by atoms with E-state index in [9.17, 15) is 14.3 Å². The third kappa shape index (κ3) is 3.23. The Kier molecular flexibility index (Phi) is 4.49. The largest absolute Gasteiger partial charge is 0.481 e. The molecule has 2 aromatic rings. The van der Waals surface area contributed by atoms with E-state index >= 15 is 0 Å². The van der Waals surface area contributed by atoms with Crippen molar-refractivity contribution in [3.05, 3.63) is 59.0 Å². The second-order valence-corrected chi connectivity index (χ2v) is 5.96. The third-order valence-corrected chi connectivity index (χ3v) is 4.16. The van der Waals surface area contributed by atoms with Crippen LogP contribution in [0.5, 0.6) is 5.88 Å². The molecule has 0 spiro atoms. The summed E-state index contributed by atoms with van der Waals surface area (Å²) in [5.74, 6) is -0.229. The maximum Gasteiger partial charge on any atom is 0.254 e. The van der Waals surface area contributed by atoms with E-state index in [1.54, 1.807) is 36.1 Å². The highest BCUT2D eigenvalue weighted by atomic mass is 19.1. The van der Waals surface area contributed by atoms with Gasteiger partial charge >= 0.3 is 0 Å². The summed E-state index contributed by atoms with van der Waals surface area (Å²) in [5.41, 5.74) is 1.78. The molecule has 0 bridgehead atoms. The average Bonchev–Trinajstić information content (AvgIpc) is 2.95. The van der Waals surface area contributed by atoms with Crippen LogP contribution in [0.2, 0.25) is 0 Å². The maximum absolute atomic E-state index is 13.5. The molecule has 0 unspecified atom stereocenters. The van der Waals surface area contributed by atoms with Crippen molar-refractivity contribution in [2.75, 3.05) is 13.7 Å². The highest BCUT2D eigenvalue weighted by Crippen LogP contribution is 2.34. The van der Waals surface area contributed by atoms with E-state index in [1.807, 2.05) is 0 Å². The fraction of sp³-hybridized carbons (Fsp3) is 0.333. The number of ether oxygens (including phenoxy) is 1. The van der Waals surface area contributed by atoms with E-state index in [0.717, 1.165) is 0 Å². The van der Waals surface area contributed by atoms with Crippen molar-refractivity contribution in [3.63, 3.8) is 0 Å². The molecular weight excluding hydrogens is 311 g/mol. The van der Waals surface area contributed by atoms with Crippen molar-refractivity contribution in [1.29, 1.82) is 0 Å². The van der Waals surface area contributed by atoms with Crippen molar-refractivity contribution in [1.82, 2.24) is 9.88 Å². The van der Waals surface area contributed by atoms with Crippen molar-refractivity contribution in [2.45, 2.75) is 25.5 Å². The van der Waals surface area contributed by atoms with Gasteiger partial charge in [-0.3, -0.25) is 4.79 Å². The molecule has 0 aliphatic carbocycles. The van der Waals surface area contributed by atoms with E-state index in [-0.39, 0.29) is 24.3 Å². The van der Waals surface area contributed by atoms with Crippen LogP contribution in [0.1, 0.15) is 34.1 Å². The Hall–Kier alpha value is -2.47. The number of benzene rings is 1. The van der Waals surface area contributed by atoms with Gasteiger partial charge < -0.3 is 14.7 Å². The number of carbonyl (C=O) groups excluding carboxylic acids is 1. The van der Waals surface area contributed by atoms with Crippen molar-refractivity contribution >= 4 is 5.91 Å². The first kappa shape index (κ1) is 16.4. The molecule has 1 amide bonds. The number of amides is 1. The number of pyridine rings is 1. The number of likely N-dealkylation sites (tertiary alicyclic amines) is 1. The summed E-state index contributed by atoms with van der Waals surface area (Å²) in [4.78, 5) is 18.7. The standard InChI is InChI=1S/C18H19FN2O3/c1-11-6-13(8-17(20-11)24-2)18(23)21-10-15(22)9-16(21)12-4-3-5-14(19)7-12/h3-8,15-16,22H,9-10H2,1-2H3/t15-,16-/m1/s1. The monoisotopic (exact) mass is 330 g/mol. The lowest BCUT2D eigenvalue weighted by Gasteiger charge is -2.25. The minimum absolute atomic E-state index is 0.212. The van der Waals surface area contributed by atoms with Crippen molar-refractivity contribution in [3.8, 4) is 5.88 Å². The molecule has 1 aromatic carbocycles. The first-order valence-electron chi connectivity index (χ1n) is 7.75. The van der Waals surface area contributed by atoms with Crippen LogP contribution < -0.4 is 4.74 Å². The van der Waals surface area contributed by atoms with Crippen LogP contribution in [0, 0.1) is 12.7 Å². The van der Waals surface area contributed by atoms with Gasteiger partial charge in [-0.1, -0.05) is 12.1 Å². The Morgan fingerprint density at radius 3 is 2.88 bits per heavy atom. The summed E-state index contributed by atoms with van der Waals surface area (Å²) in [7, 11) is 1.49. The summed E-state index contributed by atoms with van der Waals surface area (Å²) in [6.07, 6.45) is -0.247. The zero-order chi connectivity index (χ0) is 17.3. The van der Waals surface area contributed by atoms with E-state index in [0.29, 0.717) is 29.1 Å². The summed E-state index contributed by atoms with van der Waals surface area (Å²) >= 11 is 0. The third-order valence-electron chi connectivity index (χ3n) is 4.16. The highest BCUT2D eigenvalue weighted by molar-refractivity contribution is 5.95. The SMILES string of the molecule is COc1cc(C(=O)N2C[C@H](O)C[C@@H]2c2cccc(F)c2)cc(C)n1. The Labute approximate surface area is 139 Å².